The lowest BCUT2D eigenvalue weighted by molar-refractivity contribution is 0.669. The van der Waals surface area contributed by atoms with E-state index in [1.807, 2.05) is 6.07 Å². The quantitative estimate of drug-likeness (QED) is 0.122. The van der Waals surface area contributed by atoms with Crippen LogP contribution in [0.15, 0.2) is 223 Å². The Morgan fingerprint density at radius 2 is 0.793 bits per heavy atom. The number of para-hydroxylation sites is 4. The van der Waals surface area contributed by atoms with Gasteiger partial charge in [0.2, 0.25) is 0 Å². The minimum absolute atomic E-state index is 0.914. The number of nitrogens with zero attached hydrogens (tertiary/aromatic N) is 2. The lowest BCUT2D eigenvalue weighted by Crippen LogP contribution is -2.74. The molecule has 0 saturated heterocycles. The van der Waals surface area contributed by atoms with E-state index in [4.69, 9.17) is 4.42 Å². The summed E-state index contributed by atoms with van der Waals surface area (Å²) in [5.41, 5.74) is 8.89. The smallest absolute Gasteiger partial charge is 0.179 e. The van der Waals surface area contributed by atoms with Gasteiger partial charge in [-0.05, 0) is 81.4 Å². The Hall–Kier alpha value is -7.40. The van der Waals surface area contributed by atoms with Crippen LogP contribution in [0.25, 0.3) is 76.9 Å². The molecule has 272 valence electrons. The van der Waals surface area contributed by atoms with Crippen molar-refractivity contribution in [3.8, 4) is 11.4 Å². The summed E-state index contributed by atoms with van der Waals surface area (Å²) in [6, 6.07) is 80.3. The summed E-state index contributed by atoms with van der Waals surface area (Å²) in [6.07, 6.45) is 0. The highest BCUT2D eigenvalue weighted by atomic mass is 28.3. The highest BCUT2D eigenvalue weighted by molar-refractivity contribution is 7.20. The fourth-order valence-electron chi connectivity index (χ4n) is 9.85. The molecule has 58 heavy (non-hydrogen) atoms. The molecule has 0 saturated carbocycles. The summed E-state index contributed by atoms with van der Waals surface area (Å²) in [4.78, 5) is 0. The lowest BCUT2D eigenvalue weighted by Gasteiger charge is -2.34. The lowest BCUT2D eigenvalue weighted by atomic mass is 10.1. The van der Waals surface area contributed by atoms with Crippen molar-refractivity contribution in [3.05, 3.63) is 218 Å². The molecule has 0 atom stereocenters. The van der Waals surface area contributed by atoms with Crippen molar-refractivity contribution in [1.29, 1.82) is 0 Å². The monoisotopic (exact) mass is 756 g/mol. The number of furan rings is 1. The SMILES string of the molecule is c1ccc(-n2c3ccccc3c3ccc([Si](c4ccccc4)(c4ccccc4)c4ccc(-n5c6ccccc6c6c7c(ccc65)oc5ccccc57)cc4)cc32)cc1. The molecular weight excluding hydrogens is 721 g/mol. The predicted octanol–water partition coefficient (Wildman–Crippen LogP) is 11.2. The number of rotatable bonds is 6. The fourth-order valence-corrected chi connectivity index (χ4v) is 14.6. The average Bonchev–Trinajstić information content (AvgIpc) is 3.95. The Balaban J connectivity index is 1.13. The van der Waals surface area contributed by atoms with Crippen LogP contribution < -0.4 is 20.7 Å². The Bertz CT molecular complexity index is 3450. The van der Waals surface area contributed by atoms with E-state index in [1.54, 1.807) is 0 Å². The molecule has 12 aromatic rings. The van der Waals surface area contributed by atoms with Gasteiger partial charge in [-0.2, -0.15) is 0 Å². The van der Waals surface area contributed by atoms with Crippen molar-refractivity contribution in [1.82, 2.24) is 9.13 Å². The molecule has 0 spiro atoms. The summed E-state index contributed by atoms with van der Waals surface area (Å²) >= 11 is 0. The Kier molecular flexibility index (Phi) is 7.25. The van der Waals surface area contributed by atoms with Crippen LogP contribution >= 0.6 is 0 Å². The second-order valence-corrected chi connectivity index (χ2v) is 19.0. The number of benzene rings is 9. The van der Waals surface area contributed by atoms with Crippen LogP contribution in [-0.4, -0.2) is 17.2 Å². The third-order valence-electron chi connectivity index (χ3n) is 12.3. The average molecular weight is 757 g/mol. The first-order valence-electron chi connectivity index (χ1n) is 19.9. The molecule has 3 heterocycles. The van der Waals surface area contributed by atoms with Gasteiger partial charge in [0.1, 0.15) is 11.2 Å². The van der Waals surface area contributed by atoms with Crippen molar-refractivity contribution in [2.75, 3.05) is 0 Å². The minimum atomic E-state index is -2.90. The maximum absolute atomic E-state index is 6.37. The van der Waals surface area contributed by atoms with E-state index in [9.17, 15) is 0 Å². The second kappa shape index (κ2) is 12.8. The van der Waals surface area contributed by atoms with Gasteiger partial charge >= 0.3 is 0 Å². The second-order valence-electron chi connectivity index (χ2n) is 15.2. The van der Waals surface area contributed by atoms with Crippen LogP contribution in [0.2, 0.25) is 0 Å². The molecule has 0 bridgehead atoms. The van der Waals surface area contributed by atoms with E-state index in [0.717, 1.165) is 27.9 Å². The molecule has 0 unspecified atom stereocenters. The third kappa shape index (κ3) is 4.67. The van der Waals surface area contributed by atoms with Gasteiger partial charge in [-0.15, -0.1) is 0 Å². The molecule has 0 aliphatic heterocycles. The van der Waals surface area contributed by atoms with Crippen LogP contribution in [0, 0.1) is 0 Å². The first-order chi connectivity index (χ1) is 28.8. The van der Waals surface area contributed by atoms with Crippen molar-refractivity contribution in [3.63, 3.8) is 0 Å². The molecule has 4 heteroatoms. The molecule has 0 radical (unpaired) electrons. The molecule has 3 nitrogen and oxygen atoms in total. The van der Waals surface area contributed by atoms with Crippen LogP contribution in [0.4, 0.5) is 0 Å². The van der Waals surface area contributed by atoms with Gasteiger partial charge in [-0.25, -0.2) is 0 Å². The summed E-state index contributed by atoms with van der Waals surface area (Å²) in [6.45, 7) is 0. The van der Waals surface area contributed by atoms with Crippen molar-refractivity contribution in [2.45, 2.75) is 0 Å². The van der Waals surface area contributed by atoms with Gasteiger partial charge in [0.05, 0.1) is 22.1 Å². The normalized spacial score (nSPS) is 12.1. The van der Waals surface area contributed by atoms with Crippen LogP contribution in [0.5, 0.6) is 0 Å². The van der Waals surface area contributed by atoms with E-state index in [0.29, 0.717) is 0 Å². The molecule has 0 amide bonds. The number of aromatic nitrogens is 2. The maximum Gasteiger partial charge on any atom is 0.179 e. The minimum Gasteiger partial charge on any atom is -0.456 e. The summed E-state index contributed by atoms with van der Waals surface area (Å²) in [7, 11) is -2.90. The highest BCUT2D eigenvalue weighted by Crippen LogP contribution is 2.41. The van der Waals surface area contributed by atoms with Gasteiger partial charge in [-0.3, -0.25) is 0 Å². The Morgan fingerprint density at radius 3 is 1.50 bits per heavy atom. The highest BCUT2D eigenvalue weighted by Gasteiger charge is 2.42. The Labute approximate surface area is 336 Å². The zero-order valence-corrected chi connectivity index (χ0v) is 32.6. The fraction of sp³-hybridized carbons (Fsp3) is 0. The van der Waals surface area contributed by atoms with E-state index < -0.39 is 8.07 Å². The number of hydrogen-bond acceptors (Lipinski definition) is 1. The zero-order chi connectivity index (χ0) is 38.2. The Morgan fingerprint density at radius 1 is 0.293 bits per heavy atom. The molecule has 0 aliphatic carbocycles. The van der Waals surface area contributed by atoms with Crippen LogP contribution in [0.3, 0.4) is 0 Å². The molecule has 9 aromatic carbocycles. The first-order valence-corrected chi connectivity index (χ1v) is 21.9. The molecule has 12 rings (SSSR count). The van der Waals surface area contributed by atoms with Crippen molar-refractivity contribution in [2.24, 2.45) is 0 Å². The largest absolute Gasteiger partial charge is 0.456 e. The van der Waals surface area contributed by atoms with Crippen LogP contribution in [-0.2, 0) is 0 Å². The molecule has 3 aromatic heterocycles. The topological polar surface area (TPSA) is 23.0 Å². The van der Waals surface area contributed by atoms with Gasteiger partial charge in [0.15, 0.2) is 8.07 Å². The van der Waals surface area contributed by atoms with E-state index in [-0.39, 0.29) is 0 Å². The number of hydrogen-bond donors (Lipinski definition) is 0. The molecule has 0 N–H and O–H groups in total. The van der Waals surface area contributed by atoms with E-state index >= 15 is 0 Å². The van der Waals surface area contributed by atoms with Crippen LogP contribution in [0.1, 0.15) is 0 Å². The van der Waals surface area contributed by atoms with Gasteiger partial charge in [0, 0.05) is 43.7 Å². The van der Waals surface area contributed by atoms with Crippen molar-refractivity contribution >= 4 is 94.4 Å². The maximum atomic E-state index is 6.37. The summed E-state index contributed by atoms with van der Waals surface area (Å²) in [5.74, 6) is 0. The molecular formula is C54H36N2OSi. The molecule has 0 fully saturated rings. The molecule has 0 aliphatic rings. The summed E-state index contributed by atoms with van der Waals surface area (Å²) in [5, 5.41) is 12.6. The third-order valence-corrected chi connectivity index (χ3v) is 17.0. The zero-order valence-electron chi connectivity index (χ0n) is 31.6. The van der Waals surface area contributed by atoms with Crippen molar-refractivity contribution < 1.29 is 4.42 Å². The predicted molar refractivity (Wildman–Crippen MR) is 246 cm³/mol. The van der Waals surface area contributed by atoms with Gasteiger partial charge < -0.3 is 13.6 Å². The van der Waals surface area contributed by atoms with Gasteiger partial charge in [-0.1, -0.05) is 158 Å². The number of fused-ring (bicyclic) bond motifs is 10. The standard InChI is InChI=1S/C54H36N2OSi/c1-4-16-37(17-5-1)56-47-25-13-10-22-43(47)44-33-32-42(36-50(44)56)58(39-18-6-2-7-19-39,40-20-8-3-9-21-40)41-30-28-38(29-31-41)55-48-26-14-11-23-45(48)53-49(55)34-35-52-54(53)46-24-12-15-27-51(46)57-52/h1-36H. The van der Waals surface area contributed by atoms with E-state index in [1.165, 1.54) is 69.7 Å². The van der Waals surface area contributed by atoms with Gasteiger partial charge in [0.25, 0.3) is 0 Å². The summed E-state index contributed by atoms with van der Waals surface area (Å²) < 4.78 is 11.2. The van der Waals surface area contributed by atoms with E-state index in [2.05, 4.69) is 221 Å². The first kappa shape index (κ1) is 32.8.